The van der Waals surface area contributed by atoms with Crippen LogP contribution in [-0.2, 0) is 11.7 Å². The summed E-state index contributed by atoms with van der Waals surface area (Å²) >= 11 is 0. The van der Waals surface area contributed by atoms with Crippen molar-refractivity contribution in [3.63, 3.8) is 0 Å². The van der Waals surface area contributed by atoms with Crippen LogP contribution in [-0.4, -0.2) is 53.4 Å². The van der Waals surface area contributed by atoms with Crippen LogP contribution in [0.5, 0.6) is 0 Å². The van der Waals surface area contributed by atoms with Gasteiger partial charge in [-0.05, 0) is 42.8 Å². The van der Waals surface area contributed by atoms with E-state index in [0.717, 1.165) is 50.3 Å². The summed E-state index contributed by atoms with van der Waals surface area (Å²) in [6, 6.07) is 5.26. The first-order valence-corrected chi connectivity index (χ1v) is 9.75. The van der Waals surface area contributed by atoms with Crippen LogP contribution >= 0.6 is 0 Å². The van der Waals surface area contributed by atoms with E-state index in [-0.39, 0.29) is 11.6 Å². The smallest absolute Gasteiger partial charge is 0.328 e. The van der Waals surface area contributed by atoms with Gasteiger partial charge in [0, 0.05) is 5.56 Å². The van der Waals surface area contributed by atoms with Crippen LogP contribution in [0.3, 0.4) is 0 Å². The number of halogens is 3. The quantitative estimate of drug-likeness (QED) is 0.764. The van der Waals surface area contributed by atoms with Crippen molar-refractivity contribution < 1.29 is 23.0 Å². The fourth-order valence-electron chi connectivity index (χ4n) is 3.67. The van der Waals surface area contributed by atoms with E-state index >= 15 is 0 Å². The molecule has 0 amide bonds. The zero-order valence-corrected chi connectivity index (χ0v) is 16.8. The van der Waals surface area contributed by atoms with E-state index < -0.39 is 11.7 Å². The second-order valence-electron chi connectivity index (χ2n) is 8.28. The molecular weight excluding hydrogens is 369 g/mol. The van der Waals surface area contributed by atoms with Crippen LogP contribution in [0, 0.1) is 0 Å². The highest BCUT2D eigenvalue weighted by molar-refractivity contribution is 5.28. The molecule has 3 rings (SSSR count). The highest BCUT2D eigenvalue weighted by atomic mass is 19.4. The third-order valence-corrected chi connectivity index (χ3v) is 5.92. The number of hydrogen-bond acceptors (Lipinski definition) is 3. The van der Waals surface area contributed by atoms with Crippen molar-refractivity contribution in [2.45, 2.75) is 44.9 Å². The third-order valence-electron chi connectivity index (χ3n) is 5.92. The van der Waals surface area contributed by atoms with Crippen LogP contribution in [0.2, 0.25) is 0 Å². The van der Waals surface area contributed by atoms with E-state index in [1.807, 2.05) is 4.68 Å². The van der Waals surface area contributed by atoms with Crippen LogP contribution in [0.25, 0.3) is 0 Å². The summed E-state index contributed by atoms with van der Waals surface area (Å²) in [4.78, 5) is 2.75. The molecule has 0 saturated carbocycles. The Labute approximate surface area is 163 Å². The van der Waals surface area contributed by atoms with Gasteiger partial charge >= 0.3 is 6.18 Å². The summed E-state index contributed by atoms with van der Waals surface area (Å²) in [6.45, 7) is 10.1. The number of rotatable bonds is 5. The van der Waals surface area contributed by atoms with Gasteiger partial charge in [-0.2, -0.15) is 13.2 Å². The molecule has 1 aliphatic heterocycles. The summed E-state index contributed by atoms with van der Waals surface area (Å²) in [5.41, 5.74) is -0.105. The van der Waals surface area contributed by atoms with Crippen LogP contribution in [0.15, 0.2) is 24.3 Å². The molecule has 154 valence electrons. The van der Waals surface area contributed by atoms with Crippen molar-refractivity contribution in [3.8, 4) is 0 Å². The second-order valence-corrected chi connectivity index (χ2v) is 8.28. The Hall–Kier alpha value is -2.00. The summed E-state index contributed by atoms with van der Waals surface area (Å²) < 4.78 is 40.9. The van der Waals surface area contributed by atoms with Crippen LogP contribution < -0.4 is 9.80 Å². The molecule has 1 fully saturated rings. The maximum absolute atomic E-state index is 13.0. The van der Waals surface area contributed by atoms with Crippen molar-refractivity contribution in [3.05, 3.63) is 41.2 Å². The van der Waals surface area contributed by atoms with Crippen molar-refractivity contribution >= 4 is 0 Å². The summed E-state index contributed by atoms with van der Waals surface area (Å²) in [7, 11) is 2.16. The Bertz CT molecular complexity index is 776. The van der Waals surface area contributed by atoms with E-state index in [0.29, 0.717) is 5.82 Å². The molecule has 2 aromatic rings. The number of benzene rings is 1. The van der Waals surface area contributed by atoms with E-state index in [1.165, 1.54) is 9.80 Å². The first-order valence-electron chi connectivity index (χ1n) is 9.75. The molecule has 28 heavy (non-hydrogen) atoms. The van der Waals surface area contributed by atoms with E-state index in [1.54, 1.807) is 12.1 Å². The number of aromatic nitrogens is 4. The first-order chi connectivity index (χ1) is 13.1. The molecule has 1 saturated heterocycles. The van der Waals surface area contributed by atoms with E-state index in [9.17, 15) is 13.2 Å². The van der Waals surface area contributed by atoms with Crippen molar-refractivity contribution in [2.24, 2.45) is 0 Å². The number of piperazine rings is 1. The molecule has 0 unspecified atom stereocenters. The minimum absolute atomic E-state index is 0.198. The maximum atomic E-state index is 13.0. The number of alkyl halides is 3. The normalized spacial score (nSPS) is 22.2. The number of nitrogens with zero attached hydrogens (tertiary/aromatic N) is 4. The lowest BCUT2D eigenvalue weighted by Gasteiger charge is -2.34. The molecule has 1 aliphatic rings. The van der Waals surface area contributed by atoms with Gasteiger partial charge in [-0.3, -0.25) is 0 Å². The molecule has 0 spiro atoms. The lowest BCUT2D eigenvalue weighted by molar-refractivity contribution is -1.02. The Kier molecular flexibility index (Phi) is 5.77. The summed E-state index contributed by atoms with van der Waals surface area (Å²) in [5.74, 6) is 0.709. The third kappa shape index (κ3) is 4.20. The van der Waals surface area contributed by atoms with Gasteiger partial charge in [0.25, 0.3) is 0 Å². The lowest BCUT2D eigenvalue weighted by atomic mass is 9.98. The maximum Gasteiger partial charge on any atom is 0.416 e. The monoisotopic (exact) mass is 398 g/mol. The van der Waals surface area contributed by atoms with Crippen LogP contribution in [0.4, 0.5) is 13.2 Å². The Balaban J connectivity index is 2.03. The molecule has 0 bridgehead atoms. The van der Waals surface area contributed by atoms with Gasteiger partial charge in [0.2, 0.25) is 5.82 Å². The molecule has 0 radical (unpaired) electrons. The predicted octanol–water partition coefficient (Wildman–Crippen LogP) is 0.340. The van der Waals surface area contributed by atoms with Crippen LogP contribution in [0.1, 0.15) is 50.2 Å². The standard InChI is InChI=1S/C19H27F3N6/c1-5-18(2,3)28-17(23-24-25-28)16(27-12-10-26(4)11-13-27)14-6-8-15(9-7-14)19(20,21)22/h6-9,16H,5,10-13H2,1-4H3/p+2/t16-/m1/s1. The van der Waals surface area contributed by atoms with Gasteiger partial charge in [-0.1, -0.05) is 19.1 Å². The Morgan fingerprint density at radius 2 is 1.68 bits per heavy atom. The van der Waals surface area contributed by atoms with Gasteiger partial charge in [-0.25, -0.2) is 4.68 Å². The highest BCUT2D eigenvalue weighted by Gasteiger charge is 2.38. The molecule has 2 heterocycles. The molecule has 2 N–H and O–H groups in total. The minimum atomic E-state index is -4.34. The van der Waals surface area contributed by atoms with Gasteiger partial charge < -0.3 is 9.80 Å². The SMILES string of the molecule is CCC(C)(C)n1nnnc1[C@@H](c1ccc(C(F)(F)F)cc1)[NH+]1CC[NH+](C)CC1. The van der Waals surface area contributed by atoms with E-state index in [2.05, 4.69) is 43.3 Å². The fraction of sp³-hybridized carbons (Fsp3) is 0.632. The lowest BCUT2D eigenvalue weighted by Crippen LogP contribution is -3.27. The number of tetrazole rings is 1. The Morgan fingerprint density at radius 1 is 1.07 bits per heavy atom. The molecule has 1 aromatic heterocycles. The number of likely N-dealkylation sites (N-methyl/N-ethyl adjacent to an activating group) is 1. The fourth-order valence-corrected chi connectivity index (χ4v) is 3.67. The summed E-state index contributed by atoms with van der Waals surface area (Å²) in [6.07, 6.45) is -3.50. The second kappa shape index (κ2) is 7.79. The number of hydrogen-bond donors (Lipinski definition) is 2. The van der Waals surface area contributed by atoms with Gasteiger partial charge in [0.05, 0.1) is 18.2 Å². The molecule has 9 heteroatoms. The predicted molar refractivity (Wildman–Crippen MR) is 98.0 cm³/mol. The van der Waals surface area contributed by atoms with Gasteiger partial charge in [0.15, 0.2) is 6.04 Å². The first kappa shape index (κ1) is 20.7. The zero-order valence-electron chi connectivity index (χ0n) is 16.8. The Morgan fingerprint density at radius 3 is 2.21 bits per heavy atom. The highest BCUT2D eigenvalue weighted by Crippen LogP contribution is 2.31. The van der Waals surface area contributed by atoms with Crippen molar-refractivity contribution in [1.29, 1.82) is 0 Å². The minimum Gasteiger partial charge on any atom is -0.328 e. The number of nitrogens with one attached hydrogen (secondary N) is 2. The average Bonchev–Trinajstić information content (AvgIpc) is 3.13. The van der Waals surface area contributed by atoms with Crippen molar-refractivity contribution in [2.75, 3.05) is 33.2 Å². The van der Waals surface area contributed by atoms with Crippen molar-refractivity contribution in [1.82, 2.24) is 20.2 Å². The largest absolute Gasteiger partial charge is 0.416 e. The average molecular weight is 398 g/mol. The van der Waals surface area contributed by atoms with Gasteiger partial charge in [-0.15, -0.1) is 5.10 Å². The molecule has 6 nitrogen and oxygen atoms in total. The van der Waals surface area contributed by atoms with Gasteiger partial charge in [0.1, 0.15) is 26.2 Å². The zero-order chi connectivity index (χ0) is 20.5. The topological polar surface area (TPSA) is 52.5 Å². The molecular formula is C19H29F3N6+2. The van der Waals surface area contributed by atoms with E-state index in [4.69, 9.17) is 0 Å². The number of quaternary nitrogens is 2. The molecule has 1 atom stereocenters. The summed E-state index contributed by atoms with van der Waals surface area (Å²) in [5, 5.41) is 12.5. The molecule has 1 aromatic carbocycles. The molecule has 0 aliphatic carbocycles.